The SMILES string of the molecule is O=C(Nc1ncc(Cc2cc(C(F)(F)F)ccc2Cl)s1)c1ccc2nnsc2c1. The van der Waals surface area contributed by atoms with E-state index in [4.69, 9.17) is 11.6 Å². The summed E-state index contributed by atoms with van der Waals surface area (Å²) in [4.78, 5) is 17.2. The van der Waals surface area contributed by atoms with Crippen molar-refractivity contribution >= 4 is 55.7 Å². The van der Waals surface area contributed by atoms with Crippen molar-refractivity contribution in [2.75, 3.05) is 5.32 Å². The molecule has 0 radical (unpaired) electrons. The number of hydrogen-bond acceptors (Lipinski definition) is 6. The number of nitrogens with zero attached hydrogens (tertiary/aromatic N) is 3. The first kappa shape index (κ1) is 19.7. The Morgan fingerprint density at radius 3 is 2.79 bits per heavy atom. The number of aromatic nitrogens is 3. The zero-order chi connectivity index (χ0) is 20.6. The van der Waals surface area contributed by atoms with E-state index in [9.17, 15) is 18.0 Å². The number of fused-ring (bicyclic) bond motifs is 1. The van der Waals surface area contributed by atoms with Crippen molar-refractivity contribution < 1.29 is 18.0 Å². The second-order valence-corrected chi connectivity index (χ2v) is 8.33. The predicted octanol–water partition coefficient (Wildman–Crippen LogP) is 5.66. The van der Waals surface area contributed by atoms with Crippen LogP contribution in [0, 0.1) is 0 Å². The molecule has 4 aromatic rings. The van der Waals surface area contributed by atoms with Crippen LogP contribution in [0.1, 0.15) is 26.4 Å². The number of carbonyl (C=O) groups excluding carboxylic acids is 1. The molecule has 148 valence electrons. The standard InChI is InChI=1S/C18H10ClF3N4OS2/c19-13-3-2-11(18(20,21)22)5-10(13)6-12-8-23-17(28-12)24-16(27)9-1-4-14-15(7-9)29-26-25-14/h1-5,7-8H,6H2,(H,23,24,27). The highest BCUT2D eigenvalue weighted by Gasteiger charge is 2.31. The third kappa shape index (κ3) is 4.39. The van der Waals surface area contributed by atoms with Crippen molar-refractivity contribution in [1.82, 2.24) is 14.6 Å². The summed E-state index contributed by atoms with van der Waals surface area (Å²) in [6.45, 7) is 0. The van der Waals surface area contributed by atoms with E-state index in [1.54, 1.807) is 18.2 Å². The van der Waals surface area contributed by atoms with Crippen molar-refractivity contribution in [3.05, 3.63) is 69.2 Å². The first-order valence-corrected chi connectivity index (χ1v) is 10.1. The summed E-state index contributed by atoms with van der Waals surface area (Å²) in [5.74, 6) is -0.349. The molecule has 5 nitrogen and oxygen atoms in total. The van der Waals surface area contributed by atoms with Crippen LogP contribution in [0.25, 0.3) is 10.2 Å². The number of rotatable bonds is 4. The summed E-state index contributed by atoms with van der Waals surface area (Å²) in [6, 6.07) is 8.23. The average Bonchev–Trinajstić information content (AvgIpc) is 3.31. The molecule has 4 rings (SSSR count). The number of hydrogen-bond donors (Lipinski definition) is 1. The molecular formula is C18H10ClF3N4OS2. The van der Waals surface area contributed by atoms with E-state index in [-0.39, 0.29) is 17.4 Å². The molecule has 0 fully saturated rings. The predicted molar refractivity (Wildman–Crippen MR) is 107 cm³/mol. The molecule has 2 heterocycles. The fourth-order valence-electron chi connectivity index (χ4n) is 2.61. The van der Waals surface area contributed by atoms with Crippen molar-refractivity contribution in [2.24, 2.45) is 0 Å². The molecule has 0 atom stereocenters. The highest BCUT2D eigenvalue weighted by Crippen LogP contribution is 2.33. The Morgan fingerprint density at radius 2 is 2.00 bits per heavy atom. The maximum Gasteiger partial charge on any atom is 0.416 e. The molecule has 0 saturated heterocycles. The number of carbonyl (C=O) groups is 1. The van der Waals surface area contributed by atoms with Gasteiger partial charge in [0.25, 0.3) is 5.91 Å². The molecule has 0 aliphatic heterocycles. The van der Waals surface area contributed by atoms with Crippen molar-refractivity contribution in [3.8, 4) is 0 Å². The first-order chi connectivity index (χ1) is 13.8. The maximum absolute atomic E-state index is 12.9. The topological polar surface area (TPSA) is 67.8 Å². The van der Waals surface area contributed by atoms with E-state index in [0.717, 1.165) is 16.8 Å². The number of nitrogens with one attached hydrogen (secondary N) is 1. The van der Waals surface area contributed by atoms with Crippen LogP contribution in [0.15, 0.2) is 42.6 Å². The fourth-order valence-corrected chi connectivity index (χ4v) is 4.22. The number of thiazole rings is 1. The summed E-state index contributed by atoms with van der Waals surface area (Å²) in [6.07, 6.45) is -2.76. The van der Waals surface area contributed by atoms with Gasteiger partial charge in [0.05, 0.1) is 10.3 Å². The van der Waals surface area contributed by atoms with Gasteiger partial charge in [-0.1, -0.05) is 16.1 Å². The molecule has 1 amide bonds. The van der Waals surface area contributed by atoms with Crippen LogP contribution in [0.5, 0.6) is 0 Å². The van der Waals surface area contributed by atoms with Gasteiger partial charge in [0.2, 0.25) is 0 Å². The highest BCUT2D eigenvalue weighted by molar-refractivity contribution is 7.15. The Morgan fingerprint density at radius 1 is 1.17 bits per heavy atom. The van der Waals surface area contributed by atoms with E-state index in [0.29, 0.717) is 26.7 Å². The lowest BCUT2D eigenvalue weighted by molar-refractivity contribution is -0.137. The largest absolute Gasteiger partial charge is 0.416 e. The molecule has 11 heteroatoms. The number of halogens is 4. The van der Waals surface area contributed by atoms with Gasteiger partial charge < -0.3 is 0 Å². The molecule has 1 N–H and O–H groups in total. The van der Waals surface area contributed by atoms with Gasteiger partial charge in [-0.05, 0) is 53.5 Å². The van der Waals surface area contributed by atoms with Crippen LogP contribution in [-0.2, 0) is 12.6 Å². The Hall–Kier alpha value is -2.56. The van der Waals surface area contributed by atoms with E-state index in [1.807, 2.05) is 0 Å². The zero-order valence-electron chi connectivity index (χ0n) is 14.3. The minimum absolute atomic E-state index is 0.175. The van der Waals surface area contributed by atoms with Crippen LogP contribution in [0.3, 0.4) is 0 Å². The quantitative estimate of drug-likeness (QED) is 0.432. The lowest BCUT2D eigenvalue weighted by Gasteiger charge is -2.09. The normalized spacial score (nSPS) is 11.7. The van der Waals surface area contributed by atoms with Gasteiger partial charge in [-0.3, -0.25) is 10.1 Å². The average molecular weight is 455 g/mol. The molecule has 0 aliphatic carbocycles. The first-order valence-electron chi connectivity index (χ1n) is 8.13. The fraction of sp³-hybridized carbons (Fsp3) is 0.111. The Bertz CT molecular complexity index is 1210. The second kappa shape index (κ2) is 7.69. The number of amides is 1. The molecule has 2 aromatic heterocycles. The van der Waals surface area contributed by atoms with E-state index in [1.165, 1.54) is 35.1 Å². The van der Waals surface area contributed by atoms with Crippen LogP contribution in [0.2, 0.25) is 5.02 Å². The molecule has 0 spiro atoms. The summed E-state index contributed by atoms with van der Waals surface area (Å²) in [7, 11) is 0. The number of benzene rings is 2. The Labute approximate surface area is 175 Å². The summed E-state index contributed by atoms with van der Waals surface area (Å²) in [5.41, 5.74) is 0.719. The van der Waals surface area contributed by atoms with Gasteiger partial charge >= 0.3 is 6.18 Å². The lowest BCUT2D eigenvalue weighted by Crippen LogP contribution is -2.11. The summed E-state index contributed by atoms with van der Waals surface area (Å²) < 4.78 is 43.4. The highest BCUT2D eigenvalue weighted by atomic mass is 35.5. The smallest absolute Gasteiger partial charge is 0.298 e. The summed E-state index contributed by atoms with van der Waals surface area (Å²) >= 11 is 8.40. The van der Waals surface area contributed by atoms with E-state index >= 15 is 0 Å². The van der Waals surface area contributed by atoms with Gasteiger partial charge in [0.1, 0.15) is 5.52 Å². The monoisotopic (exact) mass is 454 g/mol. The van der Waals surface area contributed by atoms with Crippen molar-refractivity contribution in [3.63, 3.8) is 0 Å². The van der Waals surface area contributed by atoms with Crippen LogP contribution < -0.4 is 5.32 Å². The van der Waals surface area contributed by atoms with Crippen molar-refractivity contribution in [1.29, 1.82) is 0 Å². The molecule has 0 bridgehead atoms. The number of alkyl halides is 3. The number of anilines is 1. The molecule has 2 aromatic carbocycles. The molecule has 0 aliphatic rings. The zero-order valence-corrected chi connectivity index (χ0v) is 16.7. The van der Waals surface area contributed by atoms with E-state index in [2.05, 4.69) is 19.9 Å². The van der Waals surface area contributed by atoms with Gasteiger partial charge in [0.15, 0.2) is 5.13 Å². The second-order valence-electron chi connectivity index (χ2n) is 6.02. The maximum atomic E-state index is 12.9. The minimum atomic E-state index is -4.44. The molecule has 0 saturated carbocycles. The molecular weight excluding hydrogens is 445 g/mol. The molecule has 29 heavy (non-hydrogen) atoms. The Kier molecular flexibility index (Phi) is 5.24. The molecule has 0 unspecified atom stereocenters. The van der Waals surface area contributed by atoms with Crippen LogP contribution >= 0.6 is 34.5 Å². The van der Waals surface area contributed by atoms with Gasteiger partial charge in [-0.2, -0.15) is 13.2 Å². The Balaban J connectivity index is 1.49. The van der Waals surface area contributed by atoms with Crippen LogP contribution in [-0.4, -0.2) is 20.5 Å². The van der Waals surface area contributed by atoms with Gasteiger partial charge in [0, 0.05) is 28.1 Å². The van der Waals surface area contributed by atoms with E-state index < -0.39 is 11.7 Å². The van der Waals surface area contributed by atoms with Gasteiger partial charge in [-0.25, -0.2) is 4.98 Å². The van der Waals surface area contributed by atoms with Gasteiger partial charge in [-0.15, -0.1) is 16.4 Å². The van der Waals surface area contributed by atoms with Crippen molar-refractivity contribution in [2.45, 2.75) is 12.6 Å². The minimum Gasteiger partial charge on any atom is -0.298 e. The summed E-state index contributed by atoms with van der Waals surface area (Å²) in [5, 5.41) is 7.19. The third-order valence-electron chi connectivity index (χ3n) is 4.02. The lowest BCUT2D eigenvalue weighted by atomic mass is 10.1. The third-order valence-corrected chi connectivity index (χ3v) is 5.99. The van der Waals surface area contributed by atoms with Crippen LogP contribution in [0.4, 0.5) is 18.3 Å².